The highest BCUT2D eigenvalue weighted by Crippen LogP contribution is 2.31. The third-order valence-electron chi connectivity index (χ3n) is 5.50. The molecule has 0 aliphatic carbocycles. The highest BCUT2D eigenvalue weighted by molar-refractivity contribution is 7.87. The van der Waals surface area contributed by atoms with Crippen molar-refractivity contribution in [3.05, 3.63) is 120 Å². The summed E-state index contributed by atoms with van der Waals surface area (Å²) in [6, 6.07) is 21.4. The minimum Gasteiger partial charge on any atom is -0.467 e. The number of carbonyl (C=O) groups excluding carboxylic acids is 1. The van der Waals surface area contributed by atoms with Crippen molar-refractivity contribution >= 4 is 27.6 Å². The first-order valence-electron chi connectivity index (χ1n) is 11.2. The maximum atomic E-state index is 13.3. The van der Waals surface area contributed by atoms with Gasteiger partial charge in [-0.15, -0.1) is 11.6 Å². The molecule has 1 heterocycles. The molecule has 0 N–H and O–H groups in total. The summed E-state index contributed by atoms with van der Waals surface area (Å²) in [6.07, 6.45) is -3.21. The maximum Gasteiger partial charge on any atom is 0.416 e. The van der Waals surface area contributed by atoms with E-state index in [1.165, 1.54) is 23.3 Å². The highest BCUT2D eigenvalue weighted by Gasteiger charge is 2.32. The number of amides is 1. The molecule has 1 unspecified atom stereocenters. The summed E-state index contributed by atoms with van der Waals surface area (Å²) in [5.41, 5.74) is 0.157. The summed E-state index contributed by atoms with van der Waals surface area (Å²) in [6.45, 7) is 0.264. The number of carbonyl (C=O) groups is 1. The number of rotatable bonds is 9. The molecule has 0 fully saturated rings. The van der Waals surface area contributed by atoms with E-state index >= 15 is 0 Å². The summed E-state index contributed by atoms with van der Waals surface area (Å²) in [7, 11) is -4.52. The van der Waals surface area contributed by atoms with Gasteiger partial charge in [-0.2, -0.15) is 21.6 Å². The third-order valence-corrected chi connectivity index (χ3v) is 7.18. The average Bonchev–Trinajstić information content (AvgIpc) is 3.42. The molecule has 0 saturated carbocycles. The Kier molecular flexibility index (Phi) is 8.13. The molecule has 0 bridgehead atoms. The lowest BCUT2D eigenvalue weighted by molar-refractivity contribution is -0.137. The minimum atomic E-state index is -4.70. The first-order chi connectivity index (χ1) is 18.0. The maximum absolute atomic E-state index is 13.3. The Morgan fingerprint density at radius 2 is 1.63 bits per heavy atom. The summed E-state index contributed by atoms with van der Waals surface area (Å²) < 4.78 is 74.5. The molecule has 3 aromatic carbocycles. The molecule has 0 radical (unpaired) electrons. The van der Waals surface area contributed by atoms with Gasteiger partial charge in [-0.25, -0.2) is 0 Å². The van der Waals surface area contributed by atoms with Crippen LogP contribution < -0.4 is 4.18 Å². The Balaban J connectivity index is 1.50. The summed E-state index contributed by atoms with van der Waals surface area (Å²) in [5.74, 6) is 0.0821. The fourth-order valence-corrected chi connectivity index (χ4v) is 4.86. The molecule has 198 valence electrons. The van der Waals surface area contributed by atoms with Gasteiger partial charge in [-0.1, -0.05) is 48.5 Å². The Labute approximate surface area is 222 Å². The normalized spacial score (nSPS) is 12.6. The van der Waals surface area contributed by atoms with Gasteiger partial charge in [0, 0.05) is 6.54 Å². The van der Waals surface area contributed by atoms with E-state index in [2.05, 4.69) is 0 Å². The van der Waals surface area contributed by atoms with E-state index < -0.39 is 32.1 Å². The number of hydrogen-bond acceptors (Lipinski definition) is 5. The van der Waals surface area contributed by atoms with Crippen LogP contribution in [0.15, 0.2) is 107 Å². The monoisotopic (exact) mass is 563 g/mol. The van der Waals surface area contributed by atoms with Crippen molar-refractivity contribution in [2.45, 2.75) is 29.5 Å². The number of halogens is 4. The zero-order valence-corrected chi connectivity index (χ0v) is 21.2. The summed E-state index contributed by atoms with van der Waals surface area (Å²) >= 11 is 6.47. The molecular weight excluding hydrogens is 543 g/mol. The molecule has 1 amide bonds. The van der Waals surface area contributed by atoms with E-state index in [0.29, 0.717) is 23.0 Å². The number of benzene rings is 3. The van der Waals surface area contributed by atoms with Crippen molar-refractivity contribution in [1.82, 2.24) is 4.90 Å². The minimum absolute atomic E-state index is 0.102. The number of hydrogen-bond donors (Lipinski definition) is 0. The number of furan rings is 1. The standard InChI is InChI=1S/C27H21ClF3NO5S/c28-25(20-6-2-1-3-7-20)26(33)32(18-23-9-5-15-36-23)17-19-11-13-22(14-12-19)37-38(34,35)24-10-4-8-21(16-24)27(29,30)31/h1-16,25H,17-18H2. The van der Waals surface area contributed by atoms with Gasteiger partial charge in [0.2, 0.25) is 5.91 Å². The van der Waals surface area contributed by atoms with Crippen molar-refractivity contribution in [2.24, 2.45) is 0 Å². The fourth-order valence-electron chi connectivity index (χ4n) is 3.60. The van der Waals surface area contributed by atoms with E-state index in [1.54, 1.807) is 48.5 Å². The van der Waals surface area contributed by atoms with Crippen LogP contribution in [-0.4, -0.2) is 19.2 Å². The van der Waals surface area contributed by atoms with Crippen molar-refractivity contribution in [3.8, 4) is 5.75 Å². The quantitative estimate of drug-likeness (QED) is 0.170. The van der Waals surface area contributed by atoms with Crippen LogP contribution in [0.4, 0.5) is 13.2 Å². The van der Waals surface area contributed by atoms with Crippen LogP contribution in [0.5, 0.6) is 5.75 Å². The fraction of sp³-hybridized carbons (Fsp3) is 0.148. The van der Waals surface area contributed by atoms with Crippen molar-refractivity contribution in [3.63, 3.8) is 0 Å². The average molecular weight is 564 g/mol. The van der Waals surface area contributed by atoms with Crippen LogP contribution in [0, 0.1) is 0 Å². The van der Waals surface area contributed by atoms with Crippen LogP contribution in [0.1, 0.15) is 27.8 Å². The second-order valence-electron chi connectivity index (χ2n) is 8.25. The molecule has 4 aromatic rings. The summed E-state index contributed by atoms with van der Waals surface area (Å²) in [5, 5.41) is -0.939. The molecule has 0 aliphatic heterocycles. The van der Waals surface area contributed by atoms with Gasteiger partial charge >= 0.3 is 16.3 Å². The second kappa shape index (κ2) is 11.3. The van der Waals surface area contributed by atoms with E-state index in [9.17, 15) is 26.4 Å². The Bertz CT molecular complexity index is 1480. The Morgan fingerprint density at radius 1 is 0.921 bits per heavy atom. The van der Waals surface area contributed by atoms with Crippen molar-refractivity contribution in [1.29, 1.82) is 0 Å². The molecule has 0 spiro atoms. The van der Waals surface area contributed by atoms with Crippen LogP contribution >= 0.6 is 11.6 Å². The van der Waals surface area contributed by atoms with Crippen LogP contribution in [0.25, 0.3) is 0 Å². The zero-order chi connectivity index (χ0) is 27.3. The lowest BCUT2D eigenvalue weighted by atomic mass is 10.1. The summed E-state index contributed by atoms with van der Waals surface area (Å²) in [4.78, 5) is 14.1. The van der Waals surface area contributed by atoms with E-state index in [0.717, 1.165) is 18.2 Å². The lowest BCUT2D eigenvalue weighted by Gasteiger charge is -2.24. The molecule has 11 heteroatoms. The Hall–Kier alpha value is -3.76. The first kappa shape index (κ1) is 27.3. The zero-order valence-electron chi connectivity index (χ0n) is 19.6. The molecule has 0 aliphatic rings. The van der Waals surface area contributed by atoms with E-state index in [4.69, 9.17) is 20.2 Å². The molecule has 0 saturated heterocycles. The molecule has 1 atom stereocenters. The van der Waals surface area contributed by atoms with Gasteiger partial charge in [-0.05, 0) is 53.6 Å². The smallest absolute Gasteiger partial charge is 0.416 e. The lowest BCUT2D eigenvalue weighted by Crippen LogP contribution is -2.32. The van der Waals surface area contributed by atoms with E-state index in [-0.39, 0.29) is 24.7 Å². The van der Waals surface area contributed by atoms with Gasteiger partial charge in [0.05, 0.1) is 18.4 Å². The second-order valence-corrected chi connectivity index (χ2v) is 10.2. The number of alkyl halides is 4. The van der Waals surface area contributed by atoms with Crippen LogP contribution in [-0.2, 0) is 34.2 Å². The van der Waals surface area contributed by atoms with Gasteiger partial charge in [0.25, 0.3) is 0 Å². The predicted molar refractivity (Wildman–Crippen MR) is 134 cm³/mol. The van der Waals surface area contributed by atoms with Crippen molar-refractivity contribution < 1.29 is 35.0 Å². The first-order valence-corrected chi connectivity index (χ1v) is 13.1. The topological polar surface area (TPSA) is 76.8 Å². The highest BCUT2D eigenvalue weighted by atomic mass is 35.5. The largest absolute Gasteiger partial charge is 0.467 e. The van der Waals surface area contributed by atoms with Crippen LogP contribution in [0.3, 0.4) is 0 Å². The molecule has 1 aromatic heterocycles. The van der Waals surface area contributed by atoms with Crippen molar-refractivity contribution in [2.75, 3.05) is 0 Å². The molecule has 6 nitrogen and oxygen atoms in total. The Morgan fingerprint density at radius 3 is 2.26 bits per heavy atom. The molecule has 4 rings (SSSR count). The SMILES string of the molecule is O=C(C(Cl)c1ccccc1)N(Cc1ccc(OS(=O)(=O)c2cccc(C(F)(F)F)c2)cc1)Cc1ccco1. The number of nitrogens with zero attached hydrogens (tertiary/aromatic N) is 1. The van der Waals surface area contributed by atoms with Gasteiger partial charge in [0.1, 0.15) is 21.8 Å². The molecule has 38 heavy (non-hydrogen) atoms. The van der Waals surface area contributed by atoms with E-state index in [1.807, 2.05) is 6.07 Å². The van der Waals surface area contributed by atoms with Gasteiger partial charge in [0.15, 0.2) is 0 Å². The molecular formula is C27H21ClF3NO5S. The predicted octanol–water partition coefficient (Wildman–Crippen LogP) is 6.58. The van der Waals surface area contributed by atoms with Crippen LogP contribution in [0.2, 0.25) is 0 Å². The van der Waals surface area contributed by atoms with Gasteiger partial charge < -0.3 is 13.5 Å². The third kappa shape index (κ3) is 6.76. The van der Waals surface area contributed by atoms with Gasteiger partial charge in [-0.3, -0.25) is 4.79 Å².